The average molecular weight is 384 g/mol. The van der Waals surface area contributed by atoms with Crippen LogP contribution >= 0.6 is 11.8 Å². The van der Waals surface area contributed by atoms with E-state index in [0.29, 0.717) is 18.2 Å². The molecule has 0 saturated heterocycles. The summed E-state index contributed by atoms with van der Waals surface area (Å²) in [4.78, 5) is 12.4. The SMILES string of the molecule is C[C@H]1CC(=O)Nc2cc(S(=O)(=O)Nc3ccc(F)cc3F)ccc2S1. The molecule has 1 aliphatic heterocycles. The number of carbonyl (C=O) groups excluding carboxylic acids is 1. The minimum Gasteiger partial charge on any atom is -0.325 e. The summed E-state index contributed by atoms with van der Waals surface area (Å²) in [5.74, 6) is -2.03. The Bertz CT molecular complexity index is 948. The molecule has 2 aromatic carbocycles. The summed E-state index contributed by atoms with van der Waals surface area (Å²) in [7, 11) is -4.10. The number of sulfonamides is 1. The summed E-state index contributed by atoms with van der Waals surface area (Å²) >= 11 is 1.46. The number of anilines is 2. The smallest absolute Gasteiger partial charge is 0.262 e. The Morgan fingerprint density at radius 1 is 1.20 bits per heavy atom. The van der Waals surface area contributed by atoms with Gasteiger partial charge < -0.3 is 5.32 Å². The van der Waals surface area contributed by atoms with Crippen molar-refractivity contribution in [3.63, 3.8) is 0 Å². The molecule has 132 valence electrons. The van der Waals surface area contributed by atoms with Crippen LogP contribution in [0.2, 0.25) is 0 Å². The van der Waals surface area contributed by atoms with E-state index < -0.39 is 21.7 Å². The van der Waals surface area contributed by atoms with Crippen molar-refractivity contribution < 1.29 is 22.0 Å². The molecule has 0 unspecified atom stereocenters. The number of rotatable bonds is 3. The van der Waals surface area contributed by atoms with E-state index in [1.807, 2.05) is 6.92 Å². The third kappa shape index (κ3) is 3.93. The number of hydrogen-bond acceptors (Lipinski definition) is 4. The maximum absolute atomic E-state index is 13.7. The summed E-state index contributed by atoms with van der Waals surface area (Å²) in [6, 6.07) is 6.84. The summed E-state index contributed by atoms with van der Waals surface area (Å²) in [6.07, 6.45) is 0.320. The van der Waals surface area contributed by atoms with Gasteiger partial charge in [0.05, 0.1) is 16.3 Å². The molecule has 0 aromatic heterocycles. The van der Waals surface area contributed by atoms with Crippen LogP contribution in [0.4, 0.5) is 20.2 Å². The van der Waals surface area contributed by atoms with E-state index in [9.17, 15) is 22.0 Å². The molecule has 0 aliphatic carbocycles. The molecule has 9 heteroatoms. The lowest BCUT2D eigenvalue weighted by atomic mass is 10.3. The van der Waals surface area contributed by atoms with Crippen molar-refractivity contribution in [2.24, 2.45) is 0 Å². The van der Waals surface area contributed by atoms with E-state index in [1.165, 1.54) is 23.9 Å². The highest BCUT2D eigenvalue weighted by atomic mass is 32.2. The third-order valence-electron chi connectivity index (χ3n) is 3.51. The summed E-state index contributed by atoms with van der Waals surface area (Å²) in [5.41, 5.74) is 0.0326. The molecule has 0 fully saturated rings. The number of thioether (sulfide) groups is 1. The molecule has 0 spiro atoms. The number of hydrogen-bond donors (Lipinski definition) is 2. The van der Waals surface area contributed by atoms with Crippen molar-refractivity contribution in [1.29, 1.82) is 0 Å². The van der Waals surface area contributed by atoms with E-state index in [4.69, 9.17) is 0 Å². The van der Waals surface area contributed by atoms with Crippen LogP contribution in [-0.4, -0.2) is 19.6 Å². The second kappa shape index (κ2) is 6.64. The van der Waals surface area contributed by atoms with Crippen molar-refractivity contribution in [3.8, 4) is 0 Å². The van der Waals surface area contributed by atoms with Gasteiger partial charge in [-0.05, 0) is 30.3 Å². The standard InChI is InChI=1S/C16H14F2N2O3S2/c1-9-6-16(21)19-14-8-11(3-5-15(14)24-9)25(22,23)20-13-4-2-10(17)7-12(13)18/h2-5,7-9,20H,6H2,1H3,(H,19,21)/t9-/m0/s1. The molecule has 0 bridgehead atoms. The number of halogens is 2. The molecule has 3 rings (SSSR count). The molecule has 0 radical (unpaired) electrons. The lowest BCUT2D eigenvalue weighted by Gasteiger charge is -2.12. The predicted octanol–water partition coefficient (Wildman–Crippen LogP) is 3.59. The van der Waals surface area contributed by atoms with E-state index in [-0.39, 0.29) is 21.7 Å². The van der Waals surface area contributed by atoms with Crippen LogP contribution in [0.1, 0.15) is 13.3 Å². The number of fused-ring (bicyclic) bond motifs is 1. The van der Waals surface area contributed by atoms with Crippen LogP contribution < -0.4 is 10.0 Å². The Morgan fingerprint density at radius 3 is 2.68 bits per heavy atom. The Balaban J connectivity index is 1.94. The fourth-order valence-corrected chi connectivity index (χ4v) is 4.52. The second-order valence-corrected chi connectivity index (χ2v) is 8.73. The molecular weight excluding hydrogens is 370 g/mol. The summed E-state index contributed by atoms with van der Waals surface area (Å²) in [6.45, 7) is 1.91. The van der Waals surface area contributed by atoms with E-state index in [0.717, 1.165) is 17.0 Å². The molecular formula is C16H14F2N2O3S2. The molecule has 5 nitrogen and oxygen atoms in total. The van der Waals surface area contributed by atoms with Gasteiger partial charge in [0.25, 0.3) is 10.0 Å². The van der Waals surface area contributed by atoms with Gasteiger partial charge in [-0.3, -0.25) is 9.52 Å². The number of nitrogens with one attached hydrogen (secondary N) is 2. The lowest BCUT2D eigenvalue weighted by Crippen LogP contribution is -2.16. The predicted molar refractivity (Wildman–Crippen MR) is 92.2 cm³/mol. The molecule has 2 aromatic rings. The van der Waals surface area contributed by atoms with Gasteiger partial charge in [-0.2, -0.15) is 0 Å². The zero-order chi connectivity index (χ0) is 18.2. The fourth-order valence-electron chi connectivity index (χ4n) is 2.37. The Labute approximate surface area is 147 Å². The van der Waals surface area contributed by atoms with Crippen molar-refractivity contribution in [2.45, 2.75) is 28.4 Å². The highest BCUT2D eigenvalue weighted by Crippen LogP contribution is 2.36. The molecule has 1 amide bonds. The number of carbonyl (C=O) groups is 1. The Hall–Kier alpha value is -2.13. The molecule has 2 N–H and O–H groups in total. The van der Waals surface area contributed by atoms with Gasteiger partial charge in [-0.1, -0.05) is 6.92 Å². The average Bonchev–Trinajstić information content (AvgIpc) is 2.65. The molecule has 1 heterocycles. The van der Waals surface area contributed by atoms with Crippen LogP contribution in [0, 0.1) is 11.6 Å². The first-order chi connectivity index (χ1) is 11.7. The summed E-state index contributed by atoms with van der Waals surface area (Å²) in [5, 5.41) is 2.74. The molecule has 1 atom stereocenters. The first-order valence-corrected chi connectivity index (χ1v) is 9.69. The highest BCUT2D eigenvalue weighted by Gasteiger charge is 2.23. The van der Waals surface area contributed by atoms with Crippen LogP contribution in [0.15, 0.2) is 46.2 Å². The second-order valence-electron chi connectivity index (χ2n) is 5.57. The minimum absolute atomic E-state index is 0.0649. The first kappa shape index (κ1) is 17.7. The fraction of sp³-hybridized carbons (Fsp3) is 0.188. The molecule has 25 heavy (non-hydrogen) atoms. The van der Waals surface area contributed by atoms with Crippen molar-refractivity contribution in [2.75, 3.05) is 10.0 Å². The van der Waals surface area contributed by atoms with Gasteiger partial charge >= 0.3 is 0 Å². The zero-order valence-corrected chi connectivity index (χ0v) is 14.7. The van der Waals surface area contributed by atoms with Gasteiger partial charge in [-0.15, -0.1) is 11.8 Å². The lowest BCUT2D eigenvalue weighted by molar-refractivity contribution is -0.116. The van der Waals surface area contributed by atoms with Crippen LogP contribution in [0.5, 0.6) is 0 Å². The highest BCUT2D eigenvalue weighted by molar-refractivity contribution is 8.00. The quantitative estimate of drug-likeness (QED) is 0.848. The first-order valence-electron chi connectivity index (χ1n) is 7.33. The van der Waals surface area contributed by atoms with Crippen LogP contribution in [0.3, 0.4) is 0 Å². The van der Waals surface area contributed by atoms with Gasteiger partial charge in [0.1, 0.15) is 11.6 Å². The van der Waals surface area contributed by atoms with Crippen molar-refractivity contribution >= 4 is 39.1 Å². The van der Waals surface area contributed by atoms with Gasteiger partial charge in [0.2, 0.25) is 5.91 Å². The summed E-state index contributed by atoms with van der Waals surface area (Å²) < 4.78 is 53.6. The number of benzene rings is 2. The Kier molecular flexibility index (Phi) is 4.70. The van der Waals surface area contributed by atoms with Crippen molar-refractivity contribution in [3.05, 3.63) is 48.0 Å². The maximum Gasteiger partial charge on any atom is 0.262 e. The third-order valence-corrected chi connectivity index (χ3v) is 6.05. The van der Waals surface area contributed by atoms with E-state index >= 15 is 0 Å². The monoisotopic (exact) mass is 384 g/mol. The molecule has 1 aliphatic rings. The van der Waals surface area contributed by atoms with Crippen LogP contribution in [0.25, 0.3) is 0 Å². The maximum atomic E-state index is 13.7. The minimum atomic E-state index is -4.10. The van der Waals surface area contributed by atoms with Gasteiger partial charge in [0.15, 0.2) is 0 Å². The van der Waals surface area contributed by atoms with Crippen LogP contribution in [-0.2, 0) is 14.8 Å². The zero-order valence-electron chi connectivity index (χ0n) is 13.0. The van der Waals surface area contributed by atoms with E-state index in [2.05, 4.69) is 10.0 Å². The van der Waals surface area contributed by atoms with E-state index in [1.54, 1.807) is 6.07 Å². The molecule has 0 saturated carbocycles. The normalized spacial score (nSPS) is 17.4. The van der Waals surface area contributed by atoms with Crippen molar-refractivity contribution in [1.82, 2.24) is 0 Å². The van der Waals surface area contributed by atoms with Gasteiger partial charge in [0, 0.05) is 22.6 Å². The largest absolute Gasteiger partial charge is 0.325 e. The van der Waals surface area contributed by atoms with Gasteiger partial charge in [-0.25, -0.2) is 17.2 Å². The topological polar surface area (TPSA) is 75.3 Å². The number of amides is 1. The Morgan fingerprint density at radius 2 is 1.96 bits per heavy atom.